The van der Waals surface area contributed by atoms with Gasteiger partial charge in [-0.05, 0) is 55.5 Å². The van der Waals surface area contributed by atoms with Crippen molar-refractivity contribution in [1.82, 2.24) is 10.2 Å². The van der Waals surface area contributed by atoms with Gasteiger partial charge in [0.15, 0.2) is 6.61 Å². The lowest BCUT2D eigenvalue weighted by Crippen LogP contribution is -2.50. The highest BCUT2D eigenvalue weighted by Gasteiger charge is 2.27. The molecule has 0 unspecified atom stereocenters. The van der Waals surface area contributed by atoms with Gasteiger partial charge in [0.25, 0.3) is 5.91 Å². The van der Waals surface area contributed by atoms with Crippen molar-refractivity contribution in [3.05, 3.63) is 64.1 Å². The fourth-order valence-corrected chi connectivity index (χ4v) is 3.47. The fraction of sp³-hybridized carbons (Fsp3) is 0.440. The van der Waals surface area contributed by atoms with E-state index in [0.717, 1.165) is 15.6 Å². The Balaban J connectivity index is 2.21. The van der Waals surface area contributed by atoms with E-state index in [2.05, 4.69) is 42.0 Å². The third-order valence-corrected chi connectivity index (χ3v) is 5.44. The van der Waals surface area contributed by atoms with E-state index in [4.69, 9.17) is 4.74 Å². The maximum Gasteiger partial charge on any atom is 0.261 e. The molecule has 0 heterocycles. The number of hydrogen-bond donors (Lipinski definition) is 1. The van der Waals surface area contributed by atoms with Gasteiger partial charge in [0.05, 0.1) is 0 Å². The standard InChI is InChI=1S/C25H33BrN2O3/c1-17(2)27-24(30)18(3)28(15-19-11-13-20(26)14-12-19)23(29)16-31-22-10-8-7-9-21(22)25(4,5)6/h7-14,17-18H,15-16H2,1-6H3,(H,27,30)/t18-/m1/s1. The Morgan fingerprint density at radius 3 is 2.23 bits per heavy atom. The van der Waals surface area contributed by atoms with E-state index < -0.39 is 6.04 Å². The van der Waals surface area contributed by atoms with Gasteiger partial charge in [0, 0.05) is 17.1 Å². The molecule has 1 N–H and O–H groups in total. The molecule has 2 rings (SSSR count). The summed E-state index contributed by atoms with van der Waals surface area (Å²) in [5, 5.41) is 2.89. The first kappa shape index (κ1) is 24.9. The molecular weight excluding hydrogens is 456 g/mol. The Kier molecular flexibility index (Phi) is 8.69. The van der Waals surface area contributed by atoms with Crippen molar-refractivity contribution in [2.45, 2.75) is 65.6 Å². The van der Waals surface area contributed by atoms with Gasteiger partial charge in [-0.2, -0.15) is 0 Å². The lowest BCUT2D eigenvalue weighted by molar-refractivity contribution is -0.142. The summed E-state index contributed by atoms with van der Waals surface area (Å²) in [4.78, 5) is 27.4. The van der Waals surface area contributed by atoms with Gasteiger partial charge < -0.3 is 15.0 Å². The number of rotatable bonds is 8. The highest BCUT2D eigenvalue weighted by molar-refractivity contribution is 9.10. The first-order valence-corrected chi connectivity index (χ1v) is 11.3. The third-order valence-electron chi connectivity index (χ3n) is 4.91. The van der Waals surface area contributed by atoms with Crippen LogP contribution in [0.3, 0.4) is 0 Å². The lowest BCUT2D eigenvalue weighted by atomic mass is 9.86. The van der Waals surface area contributed by atoms with Crippen molar-refractivity contribution in [1.29, 1.82) is 0 Å². The summed E-state index contributed by atoms with van der Waals surface area (Å²) in [6.45, 7) is 12.1. The van der Waals surface area contributed by atoms with E-state index in [-0.39, 0.29) is 29.9 Å². The average Bonchev–Trinajstić information content (AvgIpc) is 2.70. The second kappa shape index (κ2) is 10.8. The first-order chi connectivity index (χ1) is 14.5. The van der Waals surface area contributed by atoms with Crippen LogP contribution in [0.25, 0.3) is 0 Å². The number of amides is 2. The molecule has 1 atom stereocenters. The molecule has 0 aliphatic heterocycles. The van der Waals surface area contributed by atoms with Crippen molar-refractivity contribution < 1.29 is 14.3 Å². The van der Waals surface area contributed by atoms with E-state index in [1.165, 1.54) is 0 Å². The van der Waals surface area contributed by atoms with E-state index >= 15 is 0 Å². The maximum atomic E-state index is 13.2. The van der Waals surface area contributed by atoms with E-state index in [9.17, 15) is 9.59 Å². The van der Waals surface area contributed by atoms with Crippen LogP contribution < -0.4 is 10.1 Å². The second-order valence-electron chi connectivity index (χ2n) is 9.02. The van der Waals surface area contributed by atoms with Crippen molar-refractivity contribution >= 4 is 27.7 Å². The first-order valence-electron chi connectivity index (χ1n) is 10.6. The summed E-state index contributed by atoms with van der Waals surface area (Å²) >= 11 is 3.43. The van der Waals surface area contributed by atoms with Crippen LogP contribution in [0, 0.1) is 0 Å². The molecule has 0 saturated heterocycles. The highest BCUT2D eigenvalue weighted by atomic mass is 79.9. The molecule has 0 spiro atoms. The number of carbonyl (C=O) groups is 2. The Morgan fingerprint density at radius 1 is 1.03 bits per heavy atom. The predicted octanol–water partition coefficient (Wildman–Crippen LogP) is 5.07. The molecule has 0 radical (unpaired) electrons. The quantitative estimate of drug-likeness (QED) is 0.564. The number of ether oxygens (including phenoxy) is 1. The number of hydrogen-bond acceptors (Lipinski definition) is 3. The maximum absolute atomic E-state index is 13.2. The monoisotopic (exact) mass is 488 g/mol. The number of halogens is 1. The number of nitrogens with zero attached hydrogens (tertiary/aromatic N) is 1. The van der Waals surface area contributed by atoms with Crippen molar-refractivity contribution in [3.8, 4) is 5.75 Å². The van der Waals surface area contributed by atoms with E-state index in [1.807, 2.05) is 62.4 Å². The van der Waals surface area contributed by atoms with Gasteiger partial charge >= 0.3 is 0 Å². The van der Waals surface area contributed by atoms with Gasteiger partial charge in [-0.25, -0.2) is 0 Å². The minimum Gasteiger partial charge on any atom is -0.483 e. The molecule has 0 saturated carbocycles. The van der Waals surface area contributed by atoms with Gasteiger partial charge in [0.1, 0.15) is 11.8 Å². The summed E-state index contributed by atoms with van der Waals surface area (Å²) in [5.41, 5.74) is 1.87. The Hall–Kier alpha value is -2.34. The van der Waals surface area contributed by atoms with Crippen LogP contribution in [0.1, 0.15) is 52.7 Å². The molecule has 6 heteroatoms. The van der Waals surface area contributed by atoms with Crippen LogP contribution >= 0.6 is 15.9 Å². The predicted molar refractivity (Wildman–Crippen MR) is 128 cm³/mol. The summed E-state index contributed by atoms with van der Waals surface area (Å²) in [6, 6.07) is 14.8. The van der Waals surface area contributed by atoms with Crippen LogP contribution in [0.5, 0.6) is 5.75 Å². The number of para-hydroxylation sites is 1. The smallest absolute Gasteiger partial charge is 0.261 e. The number of benzene rings is 2. The Morgan fingerprint density at radius 2 is 1.65 bits per heavy atom. The molecule has 31 heavy (non-hydrogen) atoms. The molecule has 0 fully saturated rings. The second-order valence-corrected chi connectivity index (χ2v) is 9.94. The van der Waals surface area contributed by atoms with Crippen molar-refractivity contribution in [3.63, 3.8) is 0 Å². The lowest BCUT2D eigenvalue weighted by Gasteiger charge is -2.30. The van der Waals surface area contributed by atoms with Gasteiger partial charge in [-0.15, -0.1) is 0 Å². The Bertz CT molecular complexity index is 888. The zero-order valence-electron chi connectivity index (χ0n) is 19.2. The van der Waals surface area contributed by atoms with Crippen LogP contribution in [0.15, 0.2) is 53.0 Å². The number of nitrogens with one attached hydrogen (secondary N) is 1. The fourth-order valence-electron chi connectivity index (χ4n) is 3.21. The molecule has 2 aromatic rings. The molecule has 0 bridgehead atoms. The summed E-state index contributed by atoms with van der Waals surface area (Å²) in [5.74, 6) is 0.264. The van der Waals surface area contributed by atoms with Crippen LogP contribution in [-0.4, -0.2) is 35.4 Å². The largest absolute Gasteiger partial charge is 0.483 e. The normalized spacial score (nSPS) is 12.4. The molecule has 2 amide bonds. The zero-order valence-corrected chi connectivity index (χ0v) is 20.8. The van der Waals surface area contributed by atoms with E-state index in [1.54, 1.807) is 11.8 Å². The summed E-state index contributed by atoms with van der Waals surface area (Å²) in [7, 11) is 0. The van der Waals surface area contributed by atoms with Gasteiger partial charge in [-0.1, -0.05) is 67.0 Å². The minimum atomic E-state index is -0.625. The molecular formula is C25H33BrN2O3. The van der Waals surface area contributed by atoms with Crippen molar-refractivity contribution in [2.75, 3.05) is 6.61 Å². The zero-order chi connectivity index (χ0) is 23.2. The summed E-state index contributed by atoms with van der Waals surface area (Å²) < 4.78 is 6.90. The molecule has 2 aromatic carbocycles. The van der Waals surface area contributed by atoms with Crippen LogP contribution in [0.4, 0.5) is 0 Å². The molecule has 5 nitrogen and oxygen atoms in total. The van der Waals surface area contributed by atoms with Gasteiger partial charge in [0.2, 0.25) is 5.91 Å². The topological polar surface area (TPSA) is 58.6 Å². The highest BCUT2D eigenvalue weighted by Crippen LogP contribution is 2.31. The number of carbonyl (C=O) groups excluding carboxylic acids is 2. The SMILES string of the molecule is CC(C)NC(=O)[C@@H](C)N(Cc1ccc(Br)cc1)C(=O)COc1ccccc1C(C)(C)C. The van der Waals surface area contributed by atoms with Gasteiger partial charge in [-0.3, -0.25) is 9.59 Å². The third kappa shape index (κ3) is 7.39. The minimum absolute atomic E-state index is 0.00510. The summed E-state index contributed by atoms with van der Waals surface area (Å²) in [6.07, 6.45) is 0. The molecule has 0 aliphatic carbocycles. The Labute approximate surface area is 194 Å². The van der Waals surface area contributed by atoms with Crippen LogP contribution in [0.2, 0.25) is 0 Å². The molecule has 168 valence electrons. The van der Waals surface area contributed by atoms with E-state index in [0.29, 0.717) is 12.3 Å². The average molecular weight is 489 g/mol. The molecule has 0 aromatic heterocycles. The van der Waals surface area contributed by atoms with Crippen molar-refractivity contribution in [2.24, 2.45) is 0 Å². The molecule has 0 aliphatic rings. The van der Waals surface area contributed by atoms with Crippen LogP contribution in [-0.2, 0) is 21.5 Å².